The molecule has 2 aliphatic rings. The van der Waals surface area contributed by atoms with Crippen LogP contribution in [0.1, 0.15) is 73.1 Å². The average Bonchev–Trinajstić information content (AvgIpc) is 2.84. The molecule has 4 atom stereocenters. The second kappa shape index (κ2) is 6.45. The van der Waals surface area contributed by atoms with Crippen molar-refractivity contribution in [2.24, 2.45) is 23.2 Å². The van der Waals surface area contributed by atoms with Crippen LogP contribution in [-0.2, 0) is 9.59 Å². The van der Waals surface area contributed by atoms with E-state index in [1.165, 1.54) is 6.42 Å². The van der Waals surface area contributed by atoms with Gasteiger partial charge in [-0.25, -0.2) is 4.79 Å². The van der Waals surface area contributed by atoms with Crippen molar-refractivity contribution >= 4 is 11.9 Å². The second-order valence-corrected chi connectivity index (χ2v) is 8.69. The largest absolute Gasteiger partial charge is 0.479 e. The van der Waals surface area contributed by atoms with Crippen LogP contribution in [0.3, 0.4) is 0 Å². The lowest BCUT2D eigenvalue weighted by Crippen LogP contribution is -2.61. The van der Waals surface area contributed by atoms with Gasteiger partial charge in [0.1, 0.15) is 5.54 Å². The number of hydrogen-bond donors (Lipinski definition) is 1. The maximum atomic E-state index is 12.3. The number of aliphatic carboxylic acids is 1. The number of amides is 1. The van der Waals surface area contributed by atoms with Crippen molar-refractivity contribution in [1.29, 1.82) is 0 Å². The smallest absolute Gasteiger partial charge is 0.329 e. The van der Waals surface area contributed by atoms with Crippen LogP contribution in [0.4, 0.5) is 0 Å². The average molecular weight is 323 g/mol. The Morgan fingerprint density at radius 1 is 1.43 bits per heavy atom. The summed E-state index contributed by atoms with van der Waals surface area (Å²) in [5.74, 6) is 0.152. The van der Waals surface area contributed by atoms with E-state index in [-0.39, 0.29) is 17.2 Å². The van der Waals surface area contributed by atoms with Gasteiger partial charge in [-0.3, -0.25) is 4.79 Å². The summed E-state index contributed by atoms with van der Waals surface area (Å²) in [5, 5.41) is 10.1. The Morgan fingerprint density at radius 3 is 2.52 bits per heavy atom. The van der Waals surface area contributed by atoms with E-state index in [0.29, 0.717) is 31.2 Å². The van der Waals surface area contributed by atoms with Crippen LogP contribution in [0.15, 0.2) is 0 Å². The number of rotatable bonds is 5. The summed E-state index contributed by atoms with van der Waals surface area (Å²) >= 11 is 0. The molecule has 4 heteroatoms. The van der Waals surface area contributed by atoms with Crippen LogP contribution in [0.25, 0.3) is 0 Å². The maximum Gasteiger partial charge on any atom is 0.329 e. The number of carbonyl (C=O) groups is 2. The fourth-order valence-electron chi connectivity index (χ4n) is 5.48. The minimum Gasteiger partial charge on any atom is -0.479 e. The van der Waals surface area contributed by atoms with Crippen LogP contribution in [-0.4, -0.2) is 34.0 Å². The first-order valence-corrected chi connectivity index (χ1v) is 9.18. The summed E-state index contributed by atoms with van der Waals surface area (Å²) in [6.45, 7) is 11.4. The predicted octanol–water partition coefficient (Wildman–Crippen LogP) is 3.94. The number of carbonyl (C=O) groups excluding carboxylic acids is 1. The summed E-state index contributed by atoms with van der Waals surface area (Å²) in [6.07, 6.45) is 5.09. The van der Waals surface area contributed by atoms with E-state index in [2.05, 4.69) is 27.7 Å². The van der Waals surface area contributed by atoms with Crippen molar-refractivity contribution in [3.63, 3.8) is 0 Å². The van der Waals surface area contributed by atoms with Crippen LogP contribution in [0.2, 0.25) is 0 Å². The first kappa shape index (κ1) is 18.3. The molecule has 1 aliphatic heterocycles. The zero-order chi connectivity index (χ0) is 17.4. The predicted molar refractivity (Wildman–Crippen MR) is 91.1 cm³/mol. The minimum atomic E-state index is -1.04. The highest BCUT2D eigenvalue weighted by atomic mass is 16.4. The van der Waals surface area contributed by atoms with Crippen molar-refractivity contribution in [1.82, 2.24) is 4.90 Å². The first-order valence-electron chi connectivity index (χ1n) is 9.18. The van der Waals surface area contributed by atoms with Crippen molar-refractivity contribution in [3.8, 4) is 0 Å². The summed E-state index contributed by atoms with van der Waals surface area (Å²) in [4.78, 5) is 26.3. The molecule has 2 fully saturated rings. The van der Waals surface area contributed by atoms with E-state index in [4.69, 9.17) is 0 Å². The van der Waals surface area contributed by atoms with Gasteiger partial charge in [-0.2, -0.15) is 0 Å². The van der Waals surface area contributed by atoms with Gasteiger partial charge in [0.2, 0.25) is 5.91 Å². The standard InChI is InChI=1S/C19H33NO3/c1-6-19(17(22)23,20-9-7-8-16(20)21)14(3)15-10-13(2)11-18(4,5)12-15/h13-15H,6-12H2,1-5H3,(H,22,23). The molecule has 0 aromatic rings. The Bertz CT molecular complexity index is 473. The van der Waals surface area contributed by atoms with Crippen molar-refractivity contribution < 1.29 is 14.7 Å². The molecule has 1 saturated heterocycles. The molecule has 4 nitrogen and oxygen atoms in total. The summed E-state index contributed by atoms with van der Waals surface area (Å²) in [6, 6.07) is 0. The Morgan fingerprint density at radius 2 is 2.09 bits per heavy atom. The number of nitrogens with zero attached hydrogens (tertiary/aromatic N) is 1. The highest BCUT2D eigenvalue weighted by Gasteiger charge is 2.53. The molecule has 0 radical (unpaired) electrons. The van der Waals surface area contributed by atoms with E-state index in [1.54, 1.807) is 4.90 Å². The van der Waals surface area contributed by atoms with Gasteiger partial charge in [0.25, 0.3) is 0 Å². The highest BCUT2D eigenvalue weighted by molar-refractivity contribution is 5.88. The molecule has 1 amide bonds. The fourth-order valence-corrected chi connectivity index (χ4v) is 5.48. The summed E-state index contributed by atoms with van der Waals surface area (Å²) in [7, 11) is 0. The van der Waals surface area contributed by atoms with Crippen molar-refractivity contribution in [2.45, 2.75) is 78.7 Å². The minimum absolute atomic E-state index is 0.0178. The first-order chi connectivity index (χ1) is 10.6. The van der Waals surface area contributed by atoms with Crippen molar-refractivity contribution in [2.75, 3.05) is 6.54 Å². The lowest BCUT2D eigenvalue weighted by molar-refractivity contribution is -0.164. The summed E-state index contributed by atoms with van der Waals surface area (Å²) < 4.78 is 0. The van der Waals surface area contributed by atoms with Gasteiger partial charge in [0.05, 0.1) is 0 Å². The number of carboxylic acid groups (broad SMARTS) is 1. The number of hydrogen-bond acceptors (Lipinski definition) is 2. The van der Waals surface area contributed by atoms with Crippen LogP contribution >= 0.6 is 0 Å². The number of carboxylic acids is 1. The third-order valence-electron chi connectivity index (χ3n) is 6.35. The zero-order valence-corrected chi connectivity index (χ0v) is 15.4. The molecule has 0 bridgehead atoms. The van der Waals surface area contributed by atoms with E-state index in [1.807, 2.05) is 6.92 Å². The maximum absolute atomic E-state index is 12.3. The van der Waals surface area contributed by atoms with Gasteiger partial charge in [-0.15, -0.1) is 0 Å². The molecule has 0 aromatic heterocycles. The Balaban J connectivity index is 2.35. The van der Waals surface area contributed by atoms with Crippen LogP contribution in [0.5, 0.6) is 0 Å². The molecule has 4 unspecified atom stereocenters. The van der Waals surface area contributed by atoms with E-state index >= 15 is 0 Å². The molecule has 0 aromatic carbocycles. The Kier molecular flexibility index (Phi) is 5.12. The topological polar surface area (TPSA) is 57.6 Å². The third kappa shape index (κ3) is 3.27. The molecule has 1 aliphatic carbocycles. The molecule has 1 N–H and O–H groups in total. The monoisotopic (exact) mass is 323 g/mol. The van der Waals surface area contributed by atoms with Gasteiger partial charge in [-0.1, -0.05) is 34.6 Å². The Labute approximate surface area is 140 Å². The zero-order valence-electron chi connectivity index (χ0n) is 15.4. The lowest BCUT2D eigenvalue weighted by Gasteiger charge is -2.49. The number of likely N-dealkylation sites (tertiary alicyclic amines) is 1. The van der Waals surface area contributed by atoms with Gasteiger partial charge in [0, 0.05) is 13.0 Å². The van der Waals surface area contributed by atoms with E-state index in [0.717, 1.165) is 19.3 Å². The normalized spacial score (nSPS) is 31.7. The molecule has 132 valence electrons. The van der Waals surface area contributed by atoms with Gasteiger partial charge >= 0.3 is 5.97 Å². The Hall–Kier alpha value is -1.06. The third-order valence-corrected chi connectivity index (χ3v) is 6.35. The van der Waals surface area contributed by atoms with Crippen LogP contribution in [0, 0.1) is 23.2 Å². The van der Waals surface area contributed by atoms with Gasteiger partial charge < -0.3 is 10.0 Å². The van der Waals surface area contributed by atoms with Crippen molar-refractivity contribution in [3.05, 3.63) is 0 Å². The van der Waals surface area contributed by atoms with E-state index in [9.17, 15) is 14.7 Å². The molecular weight excluding hydrogens is 290 g/mol. The summed E-state index contributed by atoms with van der Waals surface area (Å²) in [5.41, 5.74) is -0.783. The SMILES string of the molecule is CCC(C(=O)O)(C(C)C1CC(C)CC(C)(C)C1)N1CCCC1=O. The molecule has 1 saturated carbocycles. The quantitative estimate of drug-likeness (QED) is 0.833. The molecule has 23 heavy (non-hydrogen) atoms. The molecule has 2 rings (SSSR count). The van der Waals surface area contributed by atoms with Crippen LogP contribution < -0.4 is 0 Å². The second-order valence-electron chi connectivity index (χ2n) is 8.69. The van der Waals surface area contributed by atoms with Gasteiger partial charge in [0.15, 0.2) is 0 Å². The molecule has 1 heterocycles. The highest BCUT2D eigenvalue weighted by Crippen LogP contribution is 2.48. The molecular formula is C19H33NO3. The fraction of sp³-hybridized carbons (Fsp3) is 0.895. The van der Waals surface area contributed by atoms with E-state index < -0.39 is 11.5 Å². The molecule has 0 spiro atoms. The lowest BCUT2D eigenvalue weighted by atomic mass is 9.61. The van der Waals surface area contributed by atoms with Gasteiger partial charge in [-0.05, 0) is 55.3 Å².